The molecule has 0 bridgehead atoms. The van der Waals surface area contributed by atoms with Crippen molar-refractivity contribution in [3.8, 4) is 0 Å². The Morgan fingerprint density at radius 1 is 1.53 bits per heavy atom. The van der Waals surface area contributed by atoms with Gasteiger partial charge in [-0.05, 0) is 32.6 Å². The molecule has 1 atom stereocenters. The van der Waals surface area contributed by atoms with Crippen LogP contribution in [0.4, 0.5) is 0 Å². The summed E-state index contributed by atoms with van der Waals surface area (Å²) in [4.78, 5) is 15.9. The zero-order valence-corrected chi connectivity index (χ0v) is 13.3. The van der Waals surface area contributed by atoms with Gasteiger partial charge in [0.15, 0.2) is 0 Å². The molecule has 6 heteroatoms. The fourth-order valence-corrected chi connectivity index (χ4v) is 2.52. The number of hydrogen-bond donors (Lipinski definition) is 2. The Labute approximate surface area is 125 Å². The molecule has 4 nitrogen and oxygen atoms in total. The summed E-state index contributed by atoms with van der Waals surface area (Å²) in [5, 5.41) is 6.13. The van der Waals surface area contributed by atoms with Crippen LogP contribution in [-0.2, 0) is 11.2 Å². The first-order valence-electron chi connectivity index (χ1n) is 6.57. The van der Waals surface area contributed by atoms with Crippen LogP contribution >= 0.6 is 23.7 Å². The van der Waals surface area contributed by atoms with Gasteiger partial charge in [-0.15, -0.1) is 23.7 Å². The highest BCUT2D eigenvalue weighted by Gasteiger charge is 2.10. The second-order valence-electron chi connectivity index (χ2n) is 4.53. The Hall–Kier alpha value is -0.650. The van der Waals surface area contributed by atoms with Crippen molar-refractivity contribution in [1.82, 2.24) is 10.3 Å². The van der Waals surface area contributed by atoms with Gasteiger partial charge in [0, 0.05) is 17.6 Å². The van der Waals surface area contributed by atoms with E-state index >= 15 is 0 Å². The van der Waals surface area contributed by atoms with Crippen molar-refractivity contribution in [2.24, 2.45) is 5.73 Å². The van der Waals surface area contributed by atoms with Crippen LogP contribution in [0.1, 0.15) is 43.3 Å². The monoisotopic (exact) mass is 305 g/mol. The number of aryl methyl sites for hydroxylation is 2. The quantitative estimate of drug-likeness (QED) is 0.725. The molecule has 110 valence electrons. The van der Waals surface area contributed by atoms with Crippen LogP contribution in [-0.4, -0.2) is 23.5 Å². The Balaban J connectivity index is 0.00000324. The van der Waals surface area contributed by atoms with Gasteiger partial charge in [-0.1, -0.05) is 13.3 Å². The van der Waals surface area contributed by atoms with Gasteiger partial charge in [0.25, 0.3) is 0 Å². The number of nitrogens with one attached hydrogen (secondary N) is 1. The maximum Gasteiger partial charge on any atom is 0.236 e. The molecule has 1 unspecified atom stereocenters. The predicted octanol–water partition coefficient (Wildman–Crippen LogP) is 2.44. The van der Waals surface area contributed by atoms with Crippen molar-refractivity contribution < 1.29 is 4.79 Å². The predicted molar refractivity (Wildman–Crippen MR) is 82.9 cm³/mol. The van der Waals surface area contributed by atoms with E-state index in [1.807, 2.05) is 13.8 Å². The molecular formula is C13H24ClN3OS. The van der Waals surface area contributed by atoms with E-state index in [4.69, 9.17) is 5.73 Å². The van der Waals surface area contributed by atoms with Gasteiger partial charge in [0.05, 0.1) is 11.0 Å². The summed E-state index contributed by atoms with van der Waals surface area (Å²) in [5.74, 6) is -0.0260. The van der Waals surface area contributed by atoms with Crippen LogP contribution in [0.2, 0.25) is 0 Å². The topological polar surface area (TPSA) is 68.0 Å². The number of nitrogens with zero attached hydrogens (tertiary/aromatic N) is 1. The normalized spacial score (nSPS) is 11.7. The van der Waals surface area contributed by atoms with E-state index in [-0.39, 0.29) is 24.4 Å². The Kier molecular flexibility index (Phi) is 9.83. The standard InChI is InChI=1S/C13H23N3OS.ClH/c1-3-6-11(14)13(17)15-8-5-4-7-12-16-10(2)9-18-12;/h9,11H,3-8,14H2,1-2H3,(H,15,17);1H. The highest BCUT2D eigenvalue weighted by Crippen LogP contribution is 2.11. The van der Waals surface area contributed by atoms with Crippen molar-refractivity contribution >= 4 is 29.7 Å². The molecule has 3 N–H and O–H groups in total. The van der Waals surface area contributed by atoms with E-state index < -0.39 is 0 Å². The number of halogens is 1. The fourth-order valence-electron chi connectivity index (χ4n) is 1.70. The summed E-state index contributed by atoms with van der Waals surface area (Å²) < 4.78 is 0. The van der Waals surface area contributed by atoms with Crippen LogP contribution < -0.4 is 11.1 Å². The Morgan fingerprint density at radius 2 is 2.26 bits per heavy atom. The van der Waals surface area contributed by atoms with Gasteiger partial charge in [-0.3, -0.25) is 4.79 Å². The molecule has 0 aliphatic heterocycles. The van der Waals surface area contributed by atoms with E-state index in [0.717, 1.165) is 37.8 Å². The van der Waals surface area contributed by atoms with Gasteiger partial charge < -0.3 is 11.1 Å². The lowest BCUT2D eigenvalue weighted by molar-refractivity contribution is -0.122. The van der Waals surface area contributed by atoms with Crippen molar-refractivity contribution in [1.29, 1.82) is 0 Å². The molecule has 1 amide bonds. The summed E-state index contributed by atoms with van der Waals surface area (Å²) in [7, 11) is 0. The van der Waals surface area contributed by atoms with E-state index in [0.29, 0.717) is 6.54 Å². The lowest BCUT2D eigenvalue weighted by Gasteiger charge is -2.10. The van der Waals surface area contributed by atoms with E-state index in [1.54, 1.807) is 11.3 Å². The third kappa shape index (κ3) is 7.50. The third-order valence-corrected chi connectivity index (χ3v) is 3.75. The van der Waals surface area contributed by atoms with Gasteiger partial charge in [-0.2, -0.15) is 0 Å². The number of carbonyl (C=O) groups excluding carboxylic acids is 1. The molecular weight excluding hydrogens is 282 g/mol. The van der Waals surface area contributed by atoms with Gasteiger partial charge in [0.2, 0.25) is 5.91 Å². The van der Waals surface area contributed by atoms with Crippen LogP contribution in [0.3, 0.4) is 0 Å². The molecule has 1 aromatic rings. The van der Waals surface area contributed by atoms with Crippen LogP contribution in [0, 0.1) is 6.92 Å². The SMILES string of the molecule is CCCC(N)C(=O)NCCCCc1nc(C)cs1.Cl. The molecule has 0 radical (unpaired) electrons. The van der Waals surface area contributed by atoms with Gasteiger partial charge >= 0.3 is 0 Å². The Bertz CT molecular complexity index is 371. The fraction of sp³-hybridized carbons (Fsp3) is 0.692. The largest absolute Gasteiger partial charge is 0.355 e. The molecule has 0 aliphatic rings. The summed E-state index contributed by atoms with van der Waals surface area (Å²) in [5.41, 5.74) is 6.81. The molecule has 1 aromatic heterocycles. The van der Waals surface area contributed by atoms with Crippen LogP contribution in [0.5, 0.6) is 0 Å². The van der Waals surface area contributed by atoms with E-state index in [9.17, 15) is 4.79 Å². The summed E-state index contributed by atoms with van der Waals surface area (Å²) in [6.45, 7) is 4.75. The Morgan fingerprint density at radius 3 is 2.84 bits per heavy atom. The minimum atomic E-state index is -0.350. The summed E-state index contributed by atoms with van der Waals surface area (Å²) >= 11 is 1.71. The maximum atomic E-state index is 11.5. The number of hydrogen-bond acceptors (Lipinski definition) is 4. The molecule has 0 saturated heterocycles. The average Bonchev–Trinajstić information content (AvgIpc) is 2.74. The highest BCUT2D eigenvalue weighted by atomic mass is 35.5. The molecule has 0 saturated carbocycles. The minimum absolute atomic E-state index is 0. The first-order chi connectivity index (χ1) is 8.63. The van der Waals surface area contributed by atoms with E-state index in [1.165, 1.54) is 5.01 Å². The van der Waals surface area contributed by atoms with Gasteiger partial charge in [-0.25, -0.2) is 4.98 Å². The molecule has 0 aliphatic carbocycles. The van der Waals surface area contributed by atoms with Crippen molar-refractivity contribution in [2.45, 2.75) is 52.0 Å². The number of rotatable bonds is 8. The zero-order valence-electron chi connectivity index (χ0n) is 11.6. The lowest BCUT2D eigenvalue weighted by atomic mass is 10.1. The maximum absolute atomic E-state index is 11.5. The van der Waals surface area contributed by atoms with Crippen LogP contribution in [0.25, 0.3) is 0 Å². The number of unbranched alkanes of at least 4 members (excludes halogenated alkanes) is 1. The van der Waals surface area contributed by atoms with Crippen molar-refractivity contribution in [3.63, 3.8) is 0 Å². The number of amides is 1. The zero-order chi connectivity index (χ0) is 13.4. The molecule has 0 spiro atoms. The van der Waals surface area contributed by atoms with Crippen molar-refractivity contribution in [2.75, 3.05) is 6.54 Å². The smallest absolute Gasteiger partial charge is 0.236 e. The molecule has 1 rings (SSSR count). The second-order valence-corrected chi connectivity index (χ2v) is 5.47. The minimum Gasteiger partial charge on any atom is -0.355 e. The van der Waals surface area contributed by atoms with Crippen molar-refractivity contribution in [3.05, 3.63) is 16.1 Å². The summed E-state index contributed by atoms with van der Waals surface area (Å²) in [6.07, 6.45) is 4.72. The van der Waals surface area contributed by atoms with Gasteiger partial charge in [0.1, 0.15) is 0 Å². The average molecular weight is 306 g/mol. The number of carbonyl (C=O) groups is 1. The second kappa shape index (κ2) is 10.2. The van der Waals surface area contributed by atoms with Crippen LogP contribution in [0.15, 0.2) is 5.38 Å². The molecule has 19 heavy (non-hydrogen) atoms. The number of aromatic nitrogens is 1. The molecule has 0 fully saturated rings. The number of thiazole rings is 1. The van der Waals surface area contributed by atoms with E-state index in [2.05, 4.69) is 15.7 Å². The molecule has 1 heterocycles. The first kappa shape index (κ1) is 18.4. The highest BCUT2D eigenvalue weighted by molar-refractivity contribution is 7.09. The number of nitrogens with two attached hydrogens (primary N) is 1. The third-order valence-electron chi connectivity index (χ3n) is 2.72. The first-order valence-corrected chi connectivity index (χ1v) is 7.45. The summed E-state index contributed by atoms with van der Waals surface area (Å²) in [6, 6.07) is -0.350. The molecule has 0 aromatic carbocycles. The lowest BCUT2D eigenvalue weighted by Crippen LogP contribution is -2.40.